The van der Waals surface area contributed by atoms with Crippen LogP contribution >= 0.6 is 0 Å². The Labute approximate surface area is 148 Å². The average Bonchev–Trinajstić information content (AvgIpc) is 3.05. The zero-order chi connectivity index (χ0) is 17.2. The molecule has 0 unspecified atom stereocenters. The minimum atomic E-state index is 0.178. The highest BCUT2D eigenvalue weighted by Gasteiger charge is 2.21. The number of oxazole rings is 1. The third-order valence-corrected chi connectivity index (χ3v) is 5.32. The molecule has 0 bridgehead atoms. The molecule has 0 spiro atoms. The van der Waals surface area contributed by atoms with Crippen LogP contribution in [0.1, 0.15) is 61.8 Å². The summed E-state index contributed by atoms with van der Waals surface area (Å²) in [5.74, 6) is 0.178. The minimum Gasteiger partial charge on any atom is -0.424 e. The van der Waals surface area contributed by atoms with Crippen molar-refractivity contribution in [1.82, 2.24) is 9.97 Å². The number of fused-ring (bicyclic) bond motifs is 1. The third-order valence-electron chi connectivity index (χ3n) is 5.32. The number of benzene rings is 1. The second-order valence-electron chi connectivity index (χ2n) is 7.12. The van der Waals surface area contributed by atoms with Crippen LogP contribution in [-0.2, 0) is 0 Å². The van der Waals surface area contributed by atoms with Crippen LogP contribution in [0.3, 0.4) is 0 Å². The molecule has 0 radical (unpaired) electrons. The van der Waals surface area contributed by atoms with Gasteiger partial charge in [0.2, 0.25) is 0 Å². The molecule has 1 aromatic carbocycles. The first-order valence-electron chi connectivity index (χ1n) is 9.30. The molecule has 0 amide bonds. The van der Waals surface area contributed by atoms with Gasteiger partial charge in [-0.05, 0) is 49.1 Å². The van der Waals surface area contributed by atoms with Gasteiger partial charge in [0.25, 0.3) is 6.01 Å². The fourth-order valence-corrected chi connectivity index (χ4v) is 3.92. The molecule has 2 heterocycles. The molecule has 3 aromatic rings. The van der Waals surface area contributed by atoms with Gasteiger partial charge in [-0.25, -0.2) is 0 Å². The first kappa shape index (κ1) is 16.1. The van der Waals surface area contributed by atoms with Gasteiger partial charge in [0.05, 0.1) is 0 Å². The molecule has 4 nitrogen and oxygen atoms in total. The van der Waals surface area contributed by atoms with Gasteiger partial charge < -0.3 is 9.73 Å². The van der Waals surface area contributed by atoms with Crippen LogP contribution in [0.15, 0.2) is 40.9 Å². The molecular formula is C21H25N3O. The number of rotatable bonds is 4. The zero-order valence-electron chi connectivity index (χ0n) is 15.0. The van der Waals surface area contributed by atoms with Crippen molar-refractivity contribution in [1.29, 1.82) is 0 Å². The van der Waals surface area contributed by atoms with E-state index < -0.39 is 0 Å². The maximum Gasteiger partial charge on any atom is 0.295 e. The highest BCUT2D eigenvalue weighted by molar-refractivity contribution is 5.80. The van der Waals surface area contributed by atoms with Gasteiger partial charge in [-0.15, -0.1) is 0 Å². The lowest BCUT2D eigenvalue weighted by molar-refractivity contribution is 0.451. The van der Waals surface area contributed by atoms with Crippen molar-refractivity contribution >= 4 is 17.1 Å². The molecule has 1 N–H and O–H groups in total. The molecule has 1 aliphatic rings. The number of hydrogen-bond acceptors (Lipinski definition) is 4. The Kier molecular flexibility index (Phi) is 4.43. The Morgan fingerprint density at radius 2 is 1.96 bits per heavy atom. The standard InChI is InChI=1S/C21H25N3O/c1-14-11-12-18-20(19(14)15(2)17-10-6-7-13-22-17)24-21(25-18)23-16-8-4-3-5-9-16/h6-7,10-13,15-16H,3-5,8-9H2,1-2H3,(H,23,24)/t15-/m1/s1. The van der Waals surface area contributed by atoms with E-state index in [1.54, 1.807) is 0 Å². The van der Waals surface area contributed by atoms with Crippen molar-refractivity contribution in [3.63, 3.8) is 0 Å². The van der Waals surface area contributed by atoms with Crippen LogP contribution in [0.4, 0.5) is 6.01 Å². The van der Waals surface area contributed by atoms with Crippen molar-refractivity contribution in [2.45, 2.75) is 57.9 Å². The summed E-state index contributed by atoms with van der Waals surface area (Å²) in [5, 5.41) is 3.50. The quantitative estimate of drug-likeness (QED) is 0.691. The predicted molar refractivity (Wildman–Crippen MR) is 101 cm³/mol. The van der Waals surface area contributed by atoms with Crippen LogP contribution in [0.2, 0.25) is 0 Å². The molecule has 4 rings (SSSR count). The molecule has 1 atom stereocenters. The molecule has 4 heteroatoms. The molecule has 1 aliphatic carbocycles. The fraction of sp³-hybridized carbons (Fsp3) is 0.429. The Balaban J connectivity index is 1.70. The summed E-state index contributed by atoms with van der Waals surface area (Å²) in [6, 6.07) is 11.3. The molecule has 0 aliphatic heterocycles. The number of nitrogens with zero attached hydrogens (tertiary/aromatic N) is 2. The first-order valence-corrected chi connectivity index (χ1v) is 9.30. The third kappa shape index (κ3) is 3.26. The smallest absolute Gasteiger partial charge is 0.295 e. The van der Waals surface area contributed by atoms with Gasteiger partial charge in [-0.3, -0.25) is 4.98 Å². The van der Waals surface area contributed by atoms with Crippen LogP contribution in [0.25, 0.3) is 11.1 Å². The summed E-state index contributed by atoms with van der Waals surface area (Å²) in [5.41, 5.74) is 5.29. The molecule has 0 saturated heterocycles. The summed E-state index contributed by atoms with van der Waals surface area (Å²) >= 11 is 0. The molecule has 1 saturated carbocycles. The van der Waals surface area contributed by atoms with Crippen molar-refractivity contribution in [3.8, 4) is 0 Å². The van der Waals surface area contributed by atoms with Crippen LogP contribution < -0.4 is 5.32 Å². The second-order valence-corrected chi connectivity index (χ2v) is 7.12. The molecule has 1 fully saturated rings. The van der Waals surface area contributed by atoms with E-state index in [1.165, 1.54) is 43.2 Å². The maximum absolute atomic E-state index is 6.01. The predicted octanol–water partition coefficient (Wildman–Crippen LogP) is 5.43. The van der Waals surface area contributed by atoms with Crippen molar-refractivity contribution < 1.29 is 4.42 Å². The SMILES string of the molecule is Cc1ccc2oc(NC3CCCCC3)nc2c1[C@H](C)c1ccccn1. The Hall–Kier alpha value is -2.36. The lowest BCUT2D eigenvalue weighted by Gasteiger charge is -2.21. The van der Waals surface area contributed by atoms with E-state index in [9.17, 15) is 0 Å². The number of nitrogens with one attached hydrogen (secondary N) is 1. The van der Waals surface area contributed by atoms with E-state index in [0.29, 0.717) is 12.1 Å². The number of aryl methyl sites for hydroxylation is 1. The van der Waals surface area contributed by atoms with E-state index in [2.05, 4.69) is 36.3 Å². The lowest BCUT2D eigenvalue weighted by Crippen LogP contribution is -2.22. The van der Waals surface area contributed by atoms with Gasteiger partial charge in [0.15, 0.2) is 5.58 Å². The van der Waals surface area contributed by atoms with E-state index in [0.717, 1.165) is 16.8 Å². The summed E-state index contributed by atoms with van der Waals surface area (Å²) < 4.78 is 6.01. The van der Waals surface area contributed by atoms with Crippen molar-refractivity contribution in [2.24, 2.45) is 0 Å². The Morgan fingerprint density at radius 1 is 1.12 bits per heavy atom. The number of aromatic nitrogens is 2. The van der Waals surface area contributed by atoms with E-state index in [1.807, 2.05) is 24.4 Å². The van der Waals surface area contributed by atoms with Crippen molar-refractivity contribution in [3.05, 3.63) is 53.3 Å². The summed E-state index contributed by atoms with van der Waals surface area (Å²) in [6.07, 6.45) is 8.18. The molecule has 130 valence electrons. The average molecular weight is 335 g/mol. The first-order chi connectivity index (χ1) is 12.2. The van der Waals surface area contributed by atoms with E-state index >= 15 is 0 Å². The lowest BCUT2D eigenvalue weighted by atomic mass is 9.92. The number of hydrogen-bond donors (Lipinski definition) is 1. The molecule has 25 heavy (non-hydrogen) atoms. The summed E-state index contributed by atoms with van der Waals surface area (Å²) in [7, 11) is 0. The Bertz CT molecular complexity index is 850. The van der Waals surface area contributed by atoms with E-state index in [4.69, 9.17) is 9.40 Å². The van der Waals surface area contributed by atoms with Gasteiger partial charge in [-0.1, -0.05) is 38.3 Å². The number of anilines is 1. The highest BCUT2D eigenvalue weighted by Crippen LogP contribution is 2.34. The van der Waals surface area contributed by atoms with E-state index in [-0.39, 0.29) is 5.92 Å². The van der Waals surface area contributed by atoms with Gasteiger partial charge in [0.1, 0.15) is 5.52 Å². The Morgan fingerprint density at radius 3 is 2.72 bits per heavy atom. The number of pyridine rings is 1. The molecular weight excluding hydrogens is 310 g/mol. The van der Waals surface area contributed by atoms with Crippen LogP contribution in [0.5, 0.6) is 0 Å². The largest absolute Gasteiger partial charge is 0.424 e. The second kappa shape index (κ2) is 6.87. The van der Waals surface area contributed by atoms with Crippen molar-refractivity contribution in [2.75, 3.05) is 5.32 Å². The molecule has 2 aromatic heterocycles. The monoisotopic (exact) mass is 335 g/mol. The van der Waals surface area contributed by atoms with Gasteiger partial charge in [0, 0.05) is 23.9 Å². The van der Waals surface area contributed by atoms with Gasteiger partial charge in [-0.2, -0.15) is 4.98 Å². The zero-order valence-corrected chi connectivity index (χ0v) is 15.0. The fourth-order valence-electron chi connectivity index (χ4n) is 3.92. The summed E-state index contributed by atoms with van der Waals surface area (Å²) in [6.45, 7) is 4.32. The normalized spacial score (nSPS) is 16.9. The minimum absolute atomic E-state index is 0.178. The van der Waals surface area contributed by atoms with Crippen LogP contribution in [-0.4, -0.2) is 16.0 Å². The maximum atomic E-state index is 6.01. The van der Waals surface area contributed by atoms with Crippen LogP contribution in [0, 0.1) is 6.92 Å². The summed E-state index contributed by atoms with van der Waals surface area (Å²) in [4.78, 5) is 9.34. The topological polar surface area (TPSA) is 51.0 Å². The highest BCUT2D eigenvalue weighted by atomic mass is 16.4. The van der Waals surface area contributed by atoms with Gasteiger partial charge >= 0.3 is 0 Å².